The van der Waals surface area contributed by atoms with Crippen molar-refractivity contribution in [3.05, 3.63) is 12.2 Å². The van der Waals surface area contributed by atoms with Crippen LogP contribution in [0.2, 0.25) is 0 Å². The molecule has 2 heteroatoms. The summed E-state index contributed by atoms with van der Waals surface area (Å²) in [5.41, 5.74) is 5.48. The summed E-state index contributed by atoms with van der Waals surface area (Å²) >= 11 is 0. The second-order valence-electron chi connectivity index (χ2n) is 2.74. The molecule has 0 amide bonds. The summed E-state index contributed by atoms with van der Waals surface area (Å²) < 4.78 is 0. The number of nitrogens with two attached hydrogens (primary N) is 1. The van der Waals surface area contributed by atoms with Gasteiger partial charge < -0.3 is 10.8 Å². The zero-order valence-corrected chi connectivity index (χ0v) is 5.51. The molecule has 2 nitrogen and oxygen atoms in total. The third kappa shape index (κ3) is 1.14. The van der Waals surface area contributed by atoms with E-state index in [0.717, 1.165) is 12.8 Å². The molecule has 9 heavy (non-hydrogen) atoms. The minimum absolute atomic E-state index is 0. The molecule has 0 aliphatic heterocycles. The number of rotatable bonds is 2. The van der Waals surface area contributed by atoms with E-state index in [1.165, 1.54) is 0 Å². The van der Waals surface area contributed by atoms with Gasteiger partial charge in [0.2, 0.25) is 0 Å². The van der Waals surface area contributed by atoms with Crippen molar-refractivity contribution in [3.8, 4) is 0 Å². The lowest BCUT2D eigenvalue weighted by Crippen LogP contribution is -2.31. The number of allylic oxidation sites excluding steroid dienone is 2. The molecule has 0 saturated carbocycles. The zero-order chi connectivity index (χ0) is 6.74. The van der Waals surface area contributed by atoms with E-state index >= 15 is 0 Å². The minimum Gasteiger partial charge on any atom is -0.396 e. The molecule has 0 spiro atoms. The van der Waals surface area contributed by atoms with Crippen molar-refractivity contribution in [2.75, 3.05) is 13.2 Å². The van der Waals surface area contributed by atoms with Crippen LogP contribution < -0.4 is 5.73 Å². The third-order valence-electron chi connectivity index (χ3n) is 2.04. The van der Waals surface area contributed by atoms with Gasteiger partial charge in [0.15, 0.2) is 0 Å². The van der Waals surface area contributed by atoms with E-state index in [0.29, 0.717) is 6.54 Å². The standard InChI is InChI=1S/C7H13NO/c8-5-7(6-9)3-1-2-4-7/h1-2,9H,3-6,8H2. The van der Waals surface area contributed by atoms with Crippen molar-refractivity contribution < 1.29 is 5.11 Å². The fraction of sp³-hybridized carbons (Fsp3) is 0.714. The maximum atomic E-state index is 8.90. The van der Waals surface area contributed by atoms with Crippen LogP contribution in [0.1, 0.15) is 12.8 Å². The summed E-state index contributed by atoms with van der Waals surface area (Å²) in [6, 6.07) is 0. The van der Waals surface area contributed by atoms with Crippen LogP contribution in [0.5, 0.6) is 0 Å². The first-order valence-corrected chi connectivity index (χ1v) is 3.29. The van der Waals surface area contributed by atoms with Gasteiger partial charge in [-0.1, -0.05) is 12.2 Å². The van der Waals surface area contributed by atoms with Crippen molar-refractivity contribution in [2.45, 2.75) is 12.8 Å². The van der Waals surface area contributed by atoms with Crippen LogP contribution in [0.25, 0.3) is 0 Å². The lowest BCUT2D eigenvalue weighted by Gasteiger charge is -2.23. The van der Waals surface area contributed by atoms with E-state index in [1.54, 1.807) is 0 Å². The maximum Gasteiger partial charge on any atom is 0.0505 e. The average Bonchev–Trinajstić information content (AvgIpc) is 2.36. The summed E-state index contributed by atoms with van der Waals surface area (Å²) in [6.07, 6.45) is 6.06. The van der Waals surface area contributed by atoms with Gasteiger partial charge in [0.1, 0.15) is 0 Å². The molecule has 1 aliphatic carbocycles. The second kappa shape index (κ2) is 2.50. The van der Waals surface area contributed by atoms with Crippen LogP contribution in [-0.2, 0) is 0 Å². The Hall–Kier alpha value is -0.340. The zero-order valence-electron chi connectivity index (χ0n) is 5.51. The van der Waals surface area contributed by atoms with Gasteiger partial charge in [-0.15, -0.1) is 0 Å². The maximum absolute atomic E-state index is 8.90. The molecule has 0 bridgehead atoms. The largest absolute Gasteiger partial charge is 0.396 e. The molecule has 0 aromatic heterocycles. The normalized spacial score (nSPS) is 22.9. The first-order chi connectivity index (χ1) is 4.33. The van der Waals surface area contributed by atoms with Gasteiger partial charge in [-0.3, -0.25) is 0 Å². The van der Waals surface area contributed by atoms with E-state index in [4.69, 9.17) is 10.8 Å². The fourth-order valence-electron chi connectivity index (χ4n) is 1.11. The SMILES string of the molecule is NCC1(CO)CC=CC1. The van der Waals surface area contributed by atoms with E-state index in [2.05, 4.69) is 12.2 Å². The molecule has 0 aromatic rings. The lowest BCUT2D eigenvalue weighted by atomic mass is 9.87. The molecule has 0 aromatic carbocycles. The summed E-state index contributed by atoms with van der Waals surface area (Å²) in [6.45, 7) is 0.812. The predicted molar refractivity (Wildman–Crippen MR) is 36.9 cm³/mol. The van der Waals surface area contributed by atoms with Crippen molar-refractivity contribution in [1.29, 1.82) is 0 Å². The molecule has 1 rings (SSSR count). The number of aliphatic hydroxyl groups is 1. The molecular formula is C7H13NO. The summed E-state index contributed by atoms with van der Waals surface area (Å²) in [5.74, 6) is 0. The summed E-state index contributed by atoms with van der Waals surface area (Å²) in [7, 11) is 0. The molecule has 1 aliphatic rings. The van der Waals surface area contributed by atoms with Crippen LogP contribution in [0, 0.1) is 5.41 Å². The Labute approximate surface area is 55.4 Å². The Bertz CT molecular complexity index is 106. The molecule has 3 N–H and O–H groups in total. The smallest absolute Gasteiger partial charge is 0.0505 e. The van der Waals surface area contributed by atoms with Crippen molar-refractivity contribution in [3.63, 3.8) is 0 Å². The number of aliphatic hydroxyl groups excluding tert-OH is 1. The molecule has 0 radical (unpaired) electrons. The topological polar surface area (TPSA) is 46.2 Å². The van der Waals surface area contributed by atoms with Gasteiger partial charge in [0.05, 0.1) is 6.61 Å². The van der Waals surface area contributed by atoms with Crippen molar-refractivity contribution in [1.82, 2.24) is 0 Å². The molecular weight excluding hydrogens is 114 g/mol. The van der Waals surface area contributed by atoms with Crippen LogP contribution in [-0.4, -0.2) is 18.3 Å². The molecule has 0 atom stereocenters. The first-order valence-electron chi connectivity index (χ1n) is 3.29. The van der Waals surface area contributed by atoms with E-state index in [1.807, 2.05) is 0 Å². The Morgan fingerprint density at radius 1 is 1.44 bits per heavy atom. The molecule has 0 heterocycles. The van der Waals surface area contributed by atoms with Crippen LogP contribution in [0.3, 0.4) is 0 Å². The molecule has 0 unspecified atom stereocenters. The van der Waals surface area contributed by atoms with Gasteiger partial charge >= 0.3 is 0 Å². The number of hydrogen-bond acceptors (Lipinski definition) is 2. The van der Waals surface area contributed by atoms with E-state index < -0.39 is 0 Å². The molecule has 52 valence electrons. The highest BCUT2D eigenvalue weighted by Crippen LogP contribution is 2.30. The highest BCUT2D eigenvalue weighted by molar-refractivity contribution is 5.03. The Balaban J connectivity index is 2.50. The molecule has 0 fully saturated rings. The van der Waals surface area contributed by atoms with Crippen LogP contribution in [0.4, 0.5) is 0 Å². The van der Waals surface area contributed by atoms with Gasteiger partial charge in [-0.25, -0.2) is 0 Å². The van der Waals surface area contributed by atoms with E-state index in [-0.39, 0.29) is 12.0 Å². The Kier molecular flexibility index (Phi) is 1.88. The van der Waals surface area contributed by atoms with Gasteiger partial charge in [0.25, 0.3) is 0 Å². The minimum atomic E-state index is 0. The highest BCUT2D eigenvalue weighted by atomic mass is 16.3. The van der Waals surface area contributed by atoms with Crippen LogP contribution in [0.15, 0.2) is 12.2 Å². The van der Waals surface area contributed by atoms with Gasteiger partial charge in [-0.05, 0) is 12.8 Å². The Morgan fingerprint density at radius 2 is 2.00 bits per heavy atom. The second-order valence-corrected chi connectivity index (χ2v) is 2.74. The average molecular weight is 127 g/mol. The number of hydrogen-bond donors (Lipinski definition) is 2. The third-order valence-corrected chi connectivity index (χ3v) is 2.04. The van der Waals surface area contributed by atoms with E-state index in [9.17, 15) is 0 Å². The summed E-state index contributed by atoms with van der Waals surface area (Å²) in [5, 5.41) is 8.90. The highest BCUT2D eigenvalue weighted by Gasteiger charge is 2.27. The fourth-order valence-corrected chi connectivity index (χ4v) is 1.11. The lowest BCUT2D eigenvalue weighted by molar-refractivity contribution is 0.144. The van der Waals surface area contributed by atoms with Gasteiger partial charge in [0, 0.05) is 12.0 Å². The summed E-state index contributed by atoms with van der Waals surface area (Å²) in [4.78, 5) is 0. The first kappa shape index (κ1) is 6.78. The van der Waals surface area contributed by atoms with Crippen LogP contribution >= 0.6 is 0 Å². The van der Waals surface area contributed by atoms with Gasteiger partial charge in [-0.2, -0.15) is 0 Å². The van der Waals surface area contributed by atoms with Crippen molar-refractivity contribution in [2.24, 2.45) is 11.1 Å². The van der Waals surface area contributed by atoms with Crippen molar-refractivity contribution >= 4 is 0 Å². The monoisotopic (exact) mass is 127 g/mol. The quantitative estimate of drug-likeness (QED) is 0.523. The molecule has 0 saturated heterocycles. The predicted octanol–water partition coefficient (Wildman–Crippen LogP) is 0.274. The Morgan fingerprint density at radius 3 is 2.22 bits per heavy atom.